The van der Waals surface area contributed by atoms with Gasteiger partial charge in [-0.05, 0) is 57.1 Å². The summed E-state index contributed by atoms with van der Waals surface area (Å²) in [5.41, 5.74) is 1.31. The smallest absolute Gasteiger partial charge is 0.254 e. The van der Waals surface area contributed by atoms with Crippen LogP contribution in [0.2, 0.25) is 0 Å². The van der Waals surface area contributed by atoms with Crippen molar-refractivity contribution in [3.05, 3.63) is 53.8 Å². The fourth-order valence-corrected chi connectivity index (χ4v) is 4.59. The van der Waals surface area contributed by atoms with Crippen LogP contribution in [0, 0.1) is 0 Å². The second-order valence-corrected chi connectivity index (χ2v) is 8.46. The van der Waals surface area contributed by atoms with Crippen LogP contribution in [0.5, 0.6) is 17.2 Å². The van der Waals surface area contributed by atoms with E-state index in [9.17, 15) is 4.79 Å². The van der Waals surface area contributed by atoms with E-state index in [0.717, 1.165) is 36.1 Å². The van der Waals surface area contributed by atoms with Crippen LogP contribution in [-0.4, -0.2) is 63.2 Å². The van der Waals surface area contributed by atoms with E-state index >= 15 is 0 Å². The van der Waals surface area contributed by atoms with E-state index in [1.807, 2.05) is 35.2 Å². The molecule has 7 nitrogen and oxygen atoms in total. The van der Waals surface area contributed by atoms with Gasteiger partial charge in [0, 0.05) is 23.5 Å². The maximum absolute atomic E-state index is 13.7. The predicted molar refractivity (Wildman–Crippen MR) is 127 cm³/mol. The molecule has 1 aromatic heterocycles. The largest absolute Gasteiger partial charge is 0.493 e. The molecule has 2 aromatic carbocycles. The number of benzene rings is 2. The highest BCUT2D eigenvalue weighted by Crippen LogP contribution is 2.38. The van der Waals surface area contributed by atoms with Crippen molar-refractivity contribution in [2.45, 2.75) is 31.8 Å². The zero-order chi connectivity index (χ0) is 23.4. The first-order chi connectivity index (χ1) is 16.0. The number of amides is 1. The Balaban J connectivity index is 1.63. The average Bonchev–Trinajstić information content (AvgIpc) is 3.45. The zero-order valence-electron chi connectivity index (χ0n) is 19.8. The van der Waals surface area contributed by atoms with Gasteiger partial charge >= 0.3 is 0 Å². The van der Waals surface area contributed by atoms with Crippen molar-refractivity contribution < 1.29 is 23.4 Å². The summed E-state index contributed by atoms with van der Waals surface area (Å²) in [5, 5.41) is 1.03. The van der Waals surface area contributed by atoms with Gasteiger partial charge in [0.05, 0.1) is 27.9 Å². The Morgan fingerprint density at radius 2 is 1.82 bits per heavy atom. The van der Waals surface area contributed by atoms with Crippen LogP contribution in [0.4, 0.5) is 0 Å². The summed E-state index contributed by atoms with van der Waals surface area (Å²) >= 11 is 0. The van der Waals surface area contributed by atoms with Gasteiger partial charge < -0.3 is 28.4 Å². The highest BCUT2D eigenvalue weighted by molar-refractivity contribution is 5.95. The van der Waals surface area contributed by atoms with Crippen molar-refractivity contribution in [1.82, 2.24) is 9.80 Å². The quantitative estimate of drug-likeness (QED) is 0.473. The van der Waals surface area contributed by atoms with Crippen molar-refractivity contribution in [3.8, 4) is 17.2 Å². The van der Waals surface area contributed by atoms with Gasteiger partial charge in [-0.2, -0.15) is 0 Å². The third-order valence-corrected chi connectivity index (χ3v) is 6.43. The Morgan fingerprint density at radius 1 is 1.09 bits per heavy atom. The molecular formula is C26H32N2O5. The highest BCUT2D eigenvalue weighted by atomic mass is 16.5. The second kappa shape index (κ2) is 10.2. The molecule has 0 spiro atoms. The van der Waals surface area contributed by atoms with E-state index in [1.54, 1.807) is 33.5 Å². The molecule has 0 aliphatic carbocycles. The molecule has 176 valence electrons. The molecule has 1 amide bonds. The third-order valence-electron chi connectivity index (χ3n) is 6.43. The lowest BCUT2D eigenvalue weighted by molar-refractivity contribution is 0.0717. The molecule has 3 aromatic rings. The minimum absolute atomic E-state index is 0.102. The number of fused-ring (bicyclic) bond motifs is 1. The first kappa shape index (κ1) is 23.0. The van der Waals surface area contributed by atoms with E-state index in [1.165, 1.54) is 6.42 Å². The first-order valence-corrected chi connectivity index (χ1v) is 11.3. The predicted octanol–water partition coefficient (Wildman–Crippen LogP) is 4.59. The number of nitrogens with zero attached hydrogens (tertiary/aromatic N) is 2. The maximum Gasteiger partial charge on any atom is 0.254 e. The Kier molecular flexibility index (Phi) is 7.08. The lowest BCUT2D eigenvalue weighted by Crippen LogP contribution is -2.35. The standard InChI is InChI=1S/C26H32N2O5/c1-27-12-7-9-20(27)11-13-28(17-21-14-18-8-5-6-10-22(18)33-21)26(29)19-15-23(30-2)25(32-4)24(16-19)31-3/h5-6,8,10,14-16,20H,7,9,11-13,17H2,1-4H3. The number of ether oxygens (including phenoxy) is 3. The van der Waals surface area contributed by atoms with Gasteiger partial charge in [0.25, 0.3) is 5.91 Å². The Labute approximate surface area is 194 Å². The van der Waals surface area contributed by atoms with Gasteiger partial charge in [0.15, 0.2) is 11.5 Å². The van der Waals surface area contributed by atoms with Crippen LogP contribution >= 0.6 is 0 Å². The van der Waals surface area contributed by atoms with Crippen LogP contribution in [-0.2, 0) is 6.54 Å². The van der Waals surface area contributed by atoms with Crippen molar-refractivity contribution in [1.29, 1.82) is 0 Å². The van der Waals surface area contributed by atoms with Crippen molar-refractivity contribution in [3.63, 3.8) is 0 Å². The minimum Gasteiger partial charge on any atom is -0.493 e. The highest BCUT2D eigenvalue weighted by Gasteiger charge is 2.26. The van der Waals surface area contributed by atoms with Crippen molar-refractivity contribution >= 4 is 16.9 Å². The summed E-state index contributed by atoms with van der Waals surface area (Å²) in [7, 11) is 6.80. The van der Waals surface area contributed by atoms with Crippen molar-refractivity contribution in [2.24, 2.45) is 0 Å². The number of hydrogen-bond donors (Lipinski definition) is 0. The number of carbonyl (C=O) groups excluding carboxylic acids is 1. The SMILES string of the molecule is COc1cc(C(=O)N(CCC2CCCN2C)Cc2cc3ccccc3o2)cc(OC)c1OC. The van der Waals surface area contributed by atoms with Crippen LogP contribution in [0.15, 0.2) is 46.9 Å². The Hall–Kier alpha value is -3.19. The number of furan rings is 1. The molecule has 0 bridgehead atoms. The second-order valence-electron chi connectivity index (χ2n) is 8.46. The van der Waals surface area contributed by atoms with E-state index < -0.39 is 0 Å². The Bertz CT molecular complexity index is 1050. The van der Waals surface area contributed by atoms with Crippen LogP contribution < -0.4 is 14.2 Å². The van der Waals surface area contributed by atoms with E-state index in [2.05, 4.69) is 11.9 Å². The van der Waals surface area contributed by atoms with E-state index in [0.29, 0.717) is 41.9 Å². The lowest BCUT2D eigenvalue weighted by atomic mass is 10.1. The number of methoxy groups -OCH3 is 3. The fourth-order valence-electron chi connectivity index (χ4n) is 4.59. The van der Waals surface area contributed by atoms with E-state index in [-0.39, 0.29) is 5.91 Å². The normalized spacial score (nSPS) is 16.2. The van der Waals surface area contributed by atoms with Crippen LogP contribution in [0.1, 0.15) is 35.4 Å². The molecular weight excluding hydrogens is 420 g/mol. The topological polar surface area (TPSA) is 64.4 Å². The van der Waals surface area contributed by atoms with Gasteiger partial charge in [-0.25, -0.2) is 0 Å². The van der Waals surface area contributed by atoms with Crippen LogP contribution in [0.25, 0.3) is 11.0 Å². The molecule has 1 fully saturated rings. The first-order valence-electron chi connectivity index (χ1n) is 11.3. The molecule has 0 radical (unpaired) electrons. The summed E-state index contributed by atoms with van der Waals surface area (Å²) in [4.78, 5) is 17.9. The molecule has 1 saturated heterocycles. The van der Waals surface area contributed by atoms with Gasteiger partial charge in [0.1, 0.15) is 11.3 Å². The summed E-state index contributed by atoms with van der Waals surface area (Å²) in [6, 6.07) is 13.8. The van der Waals surface area contributed by atoms with Crippen molar-refractivity contribution in [2.75, 3.05) is 41.5 Å². The monoisotopic (exact) mass is 452 g/mol. The number of para-hydroxylation sites is 1. The molecule has 1 aliphatic heterocycles. The molecule has 1 atom stereocenters. The number of rotatable bonds is 9. The average molecular weight is 453 g/mol. The van der Waals surface area contributed by atoms with E-state index in [4.69, 9.17) is 18.6 Å². The fraction of sp³-hybridized carbons (Fsp3) is 0.423. The maximum atomic E-state index is 13.7. The van der Waals surface area contributed by atoms with Gasteiger partial charge in [-0.15, -0.1) is 0 Å². The summed E-state index contributed by atoms with van der Waals surface area (Å²) in [6.45, 7) is 2.12. The molecule has 1 aliphatic rings. The number of hydrogen-bond acceptors (Lipinski definition) is 6. The Morgan fingerprint density at radius 3 is 2.42 bits per heavy atom. The molecule has 7 heteroatoms. The molecule has 1 unspecified atom stereocenters. The molecule has 33 heavy (non-hydrogen) atoms. The summed E-state index contributed by atoms with van der Waals surface area (Å²) in [5.74, 6) is 2.04. The number of likely N-dealkylation sites (tertiary alicyclic amines) is 1. The van der Waals surface area contributed by atoms with Gasteiger partial charge in [0.2, 0.25) is 5.75 Å². The van der Waals surface area contributed by atoms with Crippen LogP contribution in [0.3, 0.4) is 0 Å². The van der Waals surface area contributed by atoms with Gasteiger partial charge in [-0.3, -0.25) is 4.79 Å². The molecule has 0 saturated carbocycles. The summed E-state index contributed by atoms with van der Waals surface area (Å²) < 4.78 is 22.4. The minimum atomic E-state index is -0.102. The molecule has 0 N–H and O–H groups in total. The zero-order valence-corrected chi connectivity index (χ0v) is 19.8. The third kappa shape index (κ3) is 4.93. The molecule has 2 heterocycles. The number of carbonyl (C=O) groups is 1. The molecule has 4 rings (SSSR count). The lowest BCUT2D eigenvalue weighted by Gasteiger charge is -2.26. The van der Waals surface area contributed by atoms with Gasteiger partial charge in [-0.1, -0.05) is 18.2 Å². The summed E-state index contributed by atoms with van der Waals surface area (Å²) in [6.07, 6.45) is 3.27.